The van der Waals surface area contributed by atoms with Crippen molar-refractivity contribution in [2.75, 3.05) is 6.54 Å². The molecule has 1 aliphatic heterocycles. The molecule has 2 N–H and O–H groups in total. The number of aryl methyl sites for hydroxylation is 1. The van der Waals surface area contributed by atoms with E-state index in [4.69, 9.17) is 0 Å². The van der Waals surface area contributed by atoms with E-state index in [0.717, 1.165) is 18.5 Å². The van der Waals surface area contributed by atoms with Gasteiger partial charge < -0.3 is 10.6 Å². The highest BCUT2D eigenvalue weighted by Crippen LogP contribution is 2.30. The lowest BCUT2D eigenvalue weighted by Crippen LogP contribution is -2.46. The second-order valence-corrected chi connectivity index (χ2v) is 6.16. The van der Waals surface area contributed by atoms with Crippen LogP contribution in [0.1, 0.15) is 44.1 Å². The molecular formula is C15H26N4. The topological polar surface area (TPSA) is 41.9 Å². The summed E-state index contributed by atoms with van der Waals surface area (Å²) in [5, 5.41) is 11.7. The zero-order chi connectivity index (χ0) is 13.1. The van der Waals surface area contributed by atoms with Crippen molar-refractivity contribution in [3.8, 4) is 0 Å². The van der Waals surface area contributed by atoms with Gasteiger partial charge in [-0.05, 0) is 38.1 Å². The number of aromatic nitrogens is 2. The van der Waals surface area contributed by atoms with Gasteiger partial charge >= 0.3 is 0 Å². The first-order chi connectivity index (χ1) is 9.33. The van der Waals surface area contributed by atoms with Crippen molar-refractivity contribution in [2.24, 2.45) is 13.0 Å². The van der Waals surface area contributed by atoms with E-state index in [1.807, 2.05) is 17.9 Å². The highest BCUT2D eigenvalue weighted by atomic mass is 15.2. The van der Waals surface area contributed by atoms with Crippen molar-refractivity contribution in [1.82, 2.24) is 20.4 Å². The fourth-order valence-corrected chi connectivity index (χ4v) is 3.78. The van der Waals surface area contributed by atoms with Gasteiger partial charge in [-0.25, -0.2) is 0 Å². The Kier molecular flexibility index (Phi) is 4.18. The SMILES string of the molecule is Cn1cc(CNC2CCCCC2C2CCCN2)cn1. The van der Waals surface area contributed by atoms with Crippen molar-refractivity contribution < 1.29 is 0 Å². The first-order valence-corrected chi connectivity index (χ1v) is 7.77. The van der Waals surface area contributed by atoms with Crippen molar-refractivity contribution in [3.05, 3.63) is 18.0 Å². The van der Waals surface area contributed by atoms with Crippen LogP contribution in [0.2, 0.25) is 0 Å². The van der Waals surface area contributed by atoms with Crippen LogP contribution in [0, 0.1) is 5.92 Å². The third-order valence-electron chi connectivity index (χ3n) is 4.76. The molecule has 0 amide bonds. The predicted molar refractivity (Wildman–Crippen MR) is 76.8 cm³/mol. The number of rotatable bonds is 4. The lowest BCUT2D eigenvalue weighted by atomic mass is 9.79. The maximum Gasteiger partial charge on any atom is 0.0534 e. The zero-order valence-electron chi connectivity index (χ0n) is 11.9. The quantitative estimate of drug-likeness (QED) is 0.870. The second-order valence-electron chi connectivity index (χ2n) is 6.16. The van der Waals surface area contributed by atoms with Crippen LogP contribution in [0.3, 0.4) is 0 Å². The summed E-state index contributed by atoms with van der Waals surface area (Å²) in [6.45, 7) is 2.18. The number of nitrogens with zero attached hydrogens (tertiary/aromatic N) is 2. The second kappa shape index (κ2) is 6.06. The Balaban J connectivity index is 1.57. The van der Waals surface area contributed by atoms with Crippen LogP contribution < -0.4 is 10.6 Å². The van der Waals surface area contributed by atoms with E-state index in [-0.39, 0.29) is 0 Å². The summed E-state index contributed by atoms with van der Waals surface area (Å²) >= 11 is 0. The predicted octanol–water partition coefficient (Wildman–Crippen LogP) is 1.82. The number of nitrogens with one attached hydrogen (secondary N) is 2. The third-order valence-corrected chi connectivity index (χ3v) is 4.76. The van der Waals surface area contributed by atoms with Crippen LogP contribution in [-0.4, -0.2) is 28.4 Å². The first-order valence-electron chi connectivity index (χ1n) is 7.77. The molecule has 106 valence electrons. The van der Waals surface area contributed by atoms with Crippen LogP contribution in [0.5, 0.6) is 0 Å². The minimum absolute atomic E-state index is 0.685. The molecule has 3 unspecified atom stereocenters. The van der Waals surface area contributed by atoms with Gasteiger partial charge in [-0.2, -0.15) is 5.10 Å². The van der Waals surface area contributed by atoms with Crippen LogP contribution >= 0.6 is 0 Å². The minimum atomic E-state index is 0.685. The molecule has 3 rings (SSSR count). The molecule has 0 aromatic carbocycles. The van der Waals surface area contributed by atoms with Gasteiger partial charge in [-0.1, -0.05) is 12.8 Å². The molecule has 1 saturated heterocycles. The summed E-state index contributed by atoms with van der Waals surface area (Å²) in [4.78, 5) is 0. The molecule has 0 radical (unpaired) electrons. The molecule has 19 heavy (non-hydrogen) atoms. The highest BCUT2D eigenvalue weighted by molar-refractivity contribution is 5.04. The Morgan fingerprint density at radius 2 is 2.21 bits per heavy atom. The van der Waals surface area contributed by atoms with Gasteiger partial charge in [0.2, 0.25) is 0 Å². The van der Waals surface area contributed by atoms with E-state index < -0.39 is 0 Å². The third kappa shape index (κ3) is 3.18. The molecule has 3 atom stereocenters. The average molecular weight is 262 g/mol. The standard InChI is InChI=1S/C15H26N4/c1-19-11-12(10-18-19)9-17-15-6-3-2-5-13(15)14-7-4-8-16-14/h10-11,13-17H,2-9H2,1H3. The molecule has 0 spiro atoms. The molecule has 2 fully saturated rings. The van der Waals surface area contributed by atoms with Gasteiger partial charge in [0.25, 0.3) is 0 Å². The van der Waals surface area contributed by atoms with Crippen LogP contribution in [0.25, 0.3) is 0 Å². The summed E-state index contributed by atoms with van der Waals surface area (Å²) in [5.74, 6) is 0.827. The first kappa shape index (κ1) is 13.1. The Morgan fingerprint density at radius 1 is 1.32 bits per heavy atom. The molecule has 0 bridgehead atoms. The van der Waals surface area contributed by atoms with Crippen LogP contribution in [0.15, 0.2) is 12.4 Å². The fourth-order valence-electron chi connectivity index (χ4n) is 3.78. The van der Waals surface area contributed by atoms with E-state index in [1.165, 1.54) is 50.6 Å². The number of hydrogen-bond acceptors (Lipinski definition) is 3. The van der Waals surface area contributed by atoms with E-state index in [9.17, 15) is 0 Å². The highest BCUT2D eigenvalue weighted by Gasteiger charge is 2.32. The lowest BCUT2D eigenvalue weighted by molar-refractivity contribution is 0.213. The minimum Gasteiger partial charge on any atom is -0.314 e. The summed E-state index contributed by atoms with van der Waals surface area (Å²) < 4.78 is 1.88. The molecule has 2 aliphatic rings. The average Bonchev–Trinajstić information content (AvgIpc) is 3.08. The molecule has 4 heteroatoms. The Morgan fingerprint density at radius 3 is 2.95 bits per heavy atom. The van der Waals surface area contributed by atoms with Gasteiger partial charge in [-0.15, -0.1) is 0 Å². The maximum absolute atomic E-state index is 4.24. The van der Waals surface area contributed by atoms with Crippen LogP contribution in [0.4, 0.5) is 0 Å². The van der Waals surface area contributed by atoms with Gasteiger partial charge in [-0.3, -0.25) is 4.68 Å². The van der Waals surface area contributed by atoms with E-state index >= 15 is 0 Å². The summed E-state index contributed by atoms with van der Waals surface area (Å²) in [6.07, 6.45) is 12.3. The molecular weight excluding hydrogens is 236 g/mol. The van der Waals surface area contributed by atoms with Crippen molar-refractivity contribution in [3.63, 3.8) is 0 Å². The molecule has 1 aliphatic carbocycles. The summed E-state index contributed by atoms with van der Waals surface area (Å²) in [7, 11) is 1.98. The Hall–Kier alpha value is -0.870. The Labute approximate surface area is 116 Å². The van der Waals surface area contributed by atoms with Crippen molar-refractivity contribution >= 4 is 0 Å². The maximum atomic E-state index is 4.24. The van der Waals surface area contributed by atoms with E-state index in [2.05, 4.69) is 21.9 Å². The van der Waals surface area contributed by atoms with Crippen molar-refractivity contribution in [2.45, 2.75) is 57.2 Å². The molecule has 1 saturated carbocycles. The molecule has 1 aromatic heterocycles. The van der Waals surface area contributed by atoms with E-state index in [0.29, 0.717) is 6.04 Å². The monoisotopic (exact) mass is 262 g/mol. The van der Waals surface area contributed by atoms with Crippen LogP contribution in [-0.2, 0) is 13.6 Å². The normalized spacial score (nSPS) is 31.7. The van der Waals surface area contributed by atoms with E-state index in [1.54, 1.807) is 0 Å². The molecule has 4 nitrogen and oxygen atoms in total. The Bertz CT molecular complexity index is 395. The number of hydrogen-bond donors (Lipinski definition) is 2. The van der Waals surface area contributed by atoms with Gasteiger partial charge in [0.1, 0.15) is 0 Å². The van der Waals surface area contributed by atoms with Gasteiger partial charge in [0.05, 0.1) is 6.20 Å². The fraction of sp³-hybridized carbons (Fsp3) is 0.800. The largest absolute Gasteiger partial charge is 0.314 e. The summed E-state index contributed by atoms with van der Waals surface area (Å²) in [6, 6.07) is 1.44. The van der Waals surface area contributed by atoms with Gasteiger partial charge in [0, 0.05) is 37.4 Å². The zero-order valence-corrected chi connectivity index (χ0v) is 11.9. The smallest absolute Gasteiger partial charge is 0.0534 e. The lowest BCUT2D eigenvalue weighted by Gasteiger charge is -2.36. The molecule has 1 aromatic rings. The van der Waals surface area contributed by atoms with Gasteiger partial charge in [0.15, 0.2) is 0 Å². The summed E-state index contributed by atoms with van der Waals surface area (Å²) in [5.41, 5.74) is 1.30. The van der Waals surface area contributed by atoms with Crippen molar-refractivity contribution in [1.29, 1.82) is 0 Å². The molecule has 2 heterocycles.